The van der Waals surface area contributed by atoms with E-state index in [0.29, 0.717) is 0 Å². The zero-order chi connectivity index (χ0) is 5.21. The van der Waals surface area contributed by atoms with Gasteiger partial charge < -0.3 is 9.46 Å². The van der Waals surface area contributed by atoms with E-state index < -0.39 is 14.1 Å². The van der Waals surface area contributed by atoms with Crippen LogP contribution in [0, 0.1) is 0 Å². The molecule has 0 aromatic carbocycles. The molecule has 0 aromatic heterocycles. The quantitative estimate of drug-likeness (QED) is 0.465. The molecule has 0 spiro atoms. The van der Waals surface area contributed by atoms with Crippen LogP contribution in [0.25, 0.3) is 0 Å². The van der Waals surface area contributed by atoms with Gasteiger partial charge in [0.2, 0.25) is 7.68 Å². The number of hydrogen-bond donors (Lipinski definition) is 0. The van der Waals surface area contributed by atoms with Gasteiger partial charge in [0.15, 0.2) is 6.42 Å². The molecule has 0 amide bonds. The average Bonchev–Trinajstić information content (AvgIpc) is 1.35. The van der Waals surface area contributed by atoms with Crippen molar-refractivity contribution in [2.75, 3.05) is 6.42 Å². The highest BCUT2D eigenvalue weighted by Gasteiger charge is 1.98. The van der Waals surface area contributed by atoms with Crippen LogP contribution in [0.4, 0.5) is 8.59 Å². The summed E-state index contributed by atoms with van der Waals surface area (Å²) in [6.07, 6.45) is -1.90. The summed E-state index contributed by atoms with van der Waals surface area (Å²) in [5.41, 5.74) is 0. The highest BCUT2D eigenvalue weighted by atomic mass is 31.2. The first-order valence-electron chi connectivity index (χ1n) is 1.12. The second-order valence-corrected chi connectivity index (χ2v) is 2.13. The van der Waals surface area contributed by atoms with Crippen molar-refractivity contribution in [2.45, 2.75) is 0 Å². The fourth-order valence-corrected chi connectivity index (χ4v) is 0. The second-order valence-electron chi connectivity index (χ2n) is 0.710. The third-order valence-corrected chi connectivity index (χ3v) is 0.428. The molecule has 1 unspecified atom stereocenters. The van der Waals surface area contributed by atoms with E-state index in [1.54, 1.807) is 0 Å². The molecule has 0 fully saturated rings. The van der Waals surface area contributed by atoms with Crippen LogP contribution in [0.5, 0.6) is 0 Å². The Morgan fingerprint density at radius 2 is 2.00 bits per heavy atom. The number of rotatable bonds is 1. The van der Waals surface area contributed by atoms with E-state index in [4.69, 9.17) is 9.46 Å². The van der Waals surface area contributed by atoms with Crippen LogP contribution in [-0.4, -0.2) is 6.42 Å². The van der Waals surface area contributed by atoms with Crippen molar-refractivity contribution < 1.29 is 18.0 Å². The molecule has 0 rings (SSSR count). The molecule has 0 radical (unpaired) electrons. The van der Waals surface area contributed by atoms with Crippen molar-refractivity contribution in [2.24, 2.45) is 0 Å². The molecule has 6 heavy (non-hydrogen) atoms. The molecule has 0 aliphatic heterocycles. The summed E-state index contributed by atoms with van der Waals surface area (Å²) >= 11 is 0. The van der Waals surface area contributed by atoms with Gasteiger partial charge in [-0.25, -0.2) is 4.39 Å². The van der Waals surface area contributed by atoms with Gasteiger partial charge in [-0.15, -0.1) is 0 Å². The van der Waals surface area contributed by atoms with Crippen molar-refractivity contribution in [3.63, 3.8) is 0 Å². The van der Waals surface area contributed by atoms with Crippen molar-refractivity contribution in [1.82, 2.24) is 0 Å². The lowest BCUT2D eigenvalue weighted by Crippen LogP contribution is -1.94. The molecule has 0 aromatic rings. The summed E-state index contributed by atoms with van der Waals surface area (Å²) in [4.78, 5) is 8.99. The summed E-state index contributed by atoms with van der Waals surface area (Å²) in [6, 6.07) is 0. The maximum Gasteiger partial charge on any atom is 0.211 e. The lowest BCUT2D eigenvalue weighted by molar-refractivity contribution is -0.188. The highest BCUT2D eigenvalue weighted by molar-refractivity contribution is 7.50. The number of hydrogen-bond acceptors (Lipinski definition) is 2. The largest absolute Gasteiger partial charge is 0.773 e. The molecule has 0 aliphatic carbocycles. The van der Waals surface area contributed by atoms with E-state index in [-0.39, 0.29) is 0 Å². The molecule has 0 bridgehead atoms. The van der Waals surface area contributed by atoms with Gasteiger partial charge in [0.25, 0.3) is 0 Å². The van der Waals surface area contributed by atoms with Crippen molar-refractivity contribution in [3.8, 4) is 0 Å². The van der Waals surface area contributed by atoms with Crippen LogP contribution in [0.1, 0.15) is 0 Å². The average molecular weight is 115 g/mol. The Balaban J connectivity index is 3.48. The smallest absolute Gasteiger partial charge is 0.211 e. The topological polar surface area (TPSA) is 40.1 Å². The van der Waals surface area contributed by atoms with E-state index >= 15 is 0 Å². The van der Waals surface area contributed by atoms with E-state index in [0.717, 1.165) is 0 Å². The number of halogens is 2. The van der Waals surface area contributed by atoms with Crippen LogP contribution < -0.4 is 4.89 Å². The van der Waals surface area contributed by atoms with Gasteiger partial charge in [-0.05, 0) is 0 Å². The Bertz CT molecular complexity index is 75.6. The third kappa shape index (κ3) is 4.05. The van der Waals surface area contributed by atoms with Crippen LogP contribution >= 0.6 is 7.68 Å². The third-order valence-electron chi connectivity index (χ3n) is 0.143. The predicted octanol–water partition coefficient (Wildman–Crippen LogP) is 0.436. The first kappa shape index (κ1) is 6.05. The summed E-state index contributed by atoms with van der Waals surface area (Å²) in [5.74, 6) is 0. The Morgan fingerprint density at radius 3 is 2.00 bits per heavy atom. The Kier molecular flexibility index (Phi) is 1.68. The molecule has 5 heteroatoms. The Morgan fingerprint density at radius 1 is 1.83 bits per heavy atom. The van der Waals surface area contributed by atoms with E-state index in [1.807, 2.05) is 0 Å². The first-order valence-corrected chi connectivity index (χ1v) is 2.82. The molecule has 0 saturated heterocycles. The molecule has 0 N–H and O–H groups in total. The van der Waals surface area contributed by atoms with Crippen LogP contribution in [0.15, 0.2) is 0 Å². The molecule has 0 saturated carbocycles. The SMILES string of the molecule is O=P([O-])(F)CF. The monoisotopic (exact) mass is 115 g/mol. The summed E-state index contributed by atoms with van der Waals surface area (Å²) in [6.45, 7) is 0. The fraction of sp³-hybridized carbons (Fsp3) is 1.00. The minimum absolute atomic E-state index is 1.90. The Labute approximate surface area is 33.4 Å². The van der Waals surface area contributed by atoms with Crippen molar-refractivity contribution >= 4 is 7.68 Å². The molecular weight excluding hydrogens is 113 g/mol. The van der Waals surface area contributed by atoms with Gasteiger partial charge in [-0.1, -0.05) is 0 Å². The highest BCUT2D eigenvalue weighted by Crippen LogP contribution is 2.36. The first-order chi connectivity index (χ1) is 2.56. The molecule has 0 heterocycles. The predicted molar refractivity (Wildman–Crippen MR) is 14.7 cm³/mol. The molecule has 2 nitrogen and oxygen atoms in total. The van der Waals surface area contributed by atoms with Crippen LogP contribution in [0.3, 0.4) is 0 Å². The lowest BCUT2D eigenvalue weighted by atomic mass is 11.8. The second kappa shape index (κ2) is 1.67. The van der Waals surface area contributed by atoms with Gasteiger partial charge in [0.05, 0.1) is 0 Å². The maximum atomic E-state index is 10.7. The summed E-state index contributed by atoms with van der Waals surface area (Å²) < 4.78 is 30.3. The van der Waals surface area contributed by atoms with E-state index in [1.165, 1.54) is 0 Å². The summed E-state index contributed by atoms with van der Waals surface area (Å²) in [7, 11) is -5.06. The minimum Gasteiger partial charge on any atom is -0.773 e. The van der Waals surface area contributed by atoms with E-state index in [9.17, 15) is 8.59 Å². The zero-order valence-corrected chi connectivity index (χ0v) is 3.62. The van der Waals surface area contributed by atoms with Crippen molar-refractivity contribution in [1.29, 1.82) is 0 Å². The van der Waals surface area contributed by atoms with Crippen molar-refractivity contribution in [3.05, 3.63) is 0 Å². The standard InChI is InChI=1S/CH3F2O2P/c2-1-6(3,4)5/h1H2,(H,4,5)/p-1. The molecule has 0 aliphatic rings. The molecule has 38 valence electrons. The lowest BCUT2D eigenvalue weighted by Gasteiger charge is -2.03. The zero-order valence-electron chi connectivity index (χ0n) is 2.73. The van der Waals surface area contributed by atoms with E-state index in [2.05, 4.69) is 0 Å². The normalized spacial score (nSPS) is 19.8. The maximum absolute atomic E-state index is 10.7. The van der Waals surface area contributed by atoms with Crippen LogP contribution in [-0.2, 0) is 4.57 Å². The van der Waals surface area contributed by atoms with Gasteiger partial charge in [-0.2, -0.15) is 4.20 Å². The minimum atomic E-state index is -5.06. The summed E-state index contributed by atoms with van der Waals surface area (Å²) in [5, 5.41) is 0. The molecular formula is CH2F2O2P-. The Hall–Kier alpha value is 0.0500. The number of alkyl halides is 1. The van der Waals surface area contributed by atoms with Gasteiger partial charge >= 0.3 is 0 Å². The van der Waals surface area contributed by atoms with Gasteiger partial charge in [-0.3, -0.25) is 0 Å². The van der Waals surface area contributed by atoms with Crippen LogP contribution in [0.2, 0.25) is 0 Å². The van der Waals surface area contributed by atoms with Gasteiger partial charge in [0.1, 0.15) is 0 Å². The fourth-order valence-electron chi connectivity index (χ4n) is 0. The molecule has 1 atom stereocenters. The van der Waals surface area contributed by atoms with Gasteiger partial charge in [0, 0.05) is 0 Å².